The molecule has 0 radical (unpaired) electrons. The molecule has 1 rings (SSSR count). The Kier molecular flexibility index (Phi) is 6.20. The Morgan fingerprint density at radius 3 is 3.00 bits per heavy atom. The second-order valence-corrected chi connectivity index (χ2v) is 3.19. The van der Waals surface area contributed by atoms with E-state index in [4.69, 9.17) is 15.2 Å². The standard InChI is InChI=1S/C10H18N4O2/c1-15-7-8-16-6-2-4-12-9-3-5-13-10(11)14-9/h3,5H,2,4,6-8H2,1H3,(H3,11,12,13,14). The minimum atomic E-state index is 0.279. The zero-order valence-electron chi connectivity index (χ0n) is 9.48. The first-order valence-electron chi connectivity index (χ1n) is 5.22. The summed E-state index contributed by atoms with van der Waals surface area (Å²) in [5.74, 6) is 1.02. The number of nitrogens with two attached hydrogens (primary N) is 1. The van der Waals surface area contributed by atoms with Gasteiger partial charge in [-0.25, -0.2) is 4.98 Å². The molecular formula is C10H18N4O2. The highest BCUT2D eigenvalue weighted by Gasteiger charge is 1.94. The van der Waals surface area contributed by atoms with Gasteiger partial charge in [-0.1, -0.05) is 0 Å². The fraction of sp³-hybridized carbons (Fsp3) is 0.600. The molecule has 0 amide bonds. The highest BCUT2D eigenvalue weighted by Crippen LogP contribution is 2.02. The lowest BCUT2D eigenvalue weighted by molar-refractivity contribution is 0.0705. The van der Waals surface area contributed by atoms with Gasteiger partial charge in [0.05, 0.1) is 13.2 Å². The third kappa shape index (κ3) is 5.47. The predicted octanol–water partition coefficient (Wildman–Crippen LogP) is 0.524. The highest BCUT2D eigenvalue weighted by molar-refractivity contribution is 5.36. The van der Waals surface area contributed by atoms with Gasteiger partial charge in [-0.2, -0.15) is 4.98 Å². The van der Waals surface area contributed by atoms with Crippen LogP contribution in [0.1, 0.15) is 6.42 Å². The number of nitrogens with one attached hydrogen (secondary N) is 1. The van der Waals surface area contributed by atoms with E-state index in [-0.39, 0.29) is 5.95 Å². The topological polar surface area (TPSA) is 82.3 Å². The Morgan fingerprint density at radius 1 is 1.38 bits per heavy atom. The quantitative estimate of drug-likeness (QED) is 0.629. The first-order chi connectivity index (χ1) is 7.83. The van der Waals surface area contributed by atoms with Crippen LogP contribution >= 0.6 is 0 Å². The molecule has 0 aliphatic carbocycles. The fourth-order valence-corrected chi connectivity index (χ4v) is 1.11. The number of rotatable bonds is 8. The van der Waals surface area contributed by atoms with Gasteiger partial charge in [0.25, 0.3) is 0 Å². The lowest BCUT2D eigenvalue weighted by Gasteiger charge is -2.06. The summed E-state index contributed by atoms with van der Waals surface area (Å²) < 4.78 is 10.2. The molecule has 0 atom stereocenters. The molecule has 90 valence electrons. The van der Waals surface area contributed by atoms with Gasteiger partial charge in [-0.15, -0.1) is 0 Å². The van der Waals surface area contributed by atoms with E-state index in [0.29, 0.717) is 19.8 Å². The molecule has 16 heavy (non-hydrogen) atoms. The maximum atomic E-state index is 5.44. The lowest BCUT2D eigenvalue weighted by Crippen LogP contribution is -2.09. The van der Waals surface area contributed by atoms with Gasteiger partial charge in [0.1, 0.15) is 5.82 Å². The van der Waals surface area contributed by atoms with E-state index in [1.54, 1.807) is 19.4 Å². The zero-order valence-corrected chi connectivity index (χ0v) is 9.48. The van der Waals surface area contributed by atoms with Crippen LogP contribution in [0.15, 0.2) is 12.3 Å². The molecule has 6 heteroatoms. The minimum absolute atomic E-state index is 0.279. The van der Waals surface area contributed by atoms with Gasteiger partial charge in [0.2, 0.25) is 5.95 Å². The van der Waals surface area contributed by atoms with Crippen LogP contribution in [0.5, 0.6) is 0 Å². The van der Waals surface area contributed by atoms with Crippen molar-refractivity contribution in [1.29, 1.82) is 0 Å². The van der Waals surface area contributed by atoms with Gasteiger partial charge in [0.15, 0.2) is 0 Å². The molecular weight excluding hydrogens is 208 g/mol. The Labute approximate surface area is 95.2 Å². The summed E-state index contributed by atoms with van der Waals surface area (Å²) in [4.78, 5) is 7.82. The average molecular weight is 226 g/mol. The van der Waals surface area contributed by atoms with Crippen LogP contribution in [-0.4, -0.2) is 43.4 Å². The van der Waals surface area contributed by atoms with Crippen molar-refractivity contribution in [2.45, 2.75) is 6.42 Å². The summed E-state index contributed by atoms with van der Waals surface area (Å²) in [7, 11) is 1.66. The lowest BCUT2D eigenvalue weighted by atomic mass is 10.4. The predicted molar refractivity (Wildman–Crippen MR) is 62.2 cm³/mol. The van der Waals surface area contributed by atoms with E-state index in [1.807, 2.05) is 0 Å². The molecule has 1 aromatic rings. The number of hydrogen-bond acceptors (Lipinski definition) is 6. The first-order valence-corrected chi connectivity index (χ1v) is 5.22. The monoisotopic (exact) mass is 226 g/mol. The second-order valence-electron chi connectivity index (χ2n) is 3.19. The minimum Gasteiger partial charge on any atom is -0.382 e. The molecule has 3 N–H and O–H groups in total. The summed E-state index contributed by atoms with van der Waals surface area (Å²) in [6.45, 7) is 2.77. The number of methoxy groups -OCH3 is 1. The second kappa shape index (κ2) is 7.84. The molecule has 6 nitrogen and oxygen atoms in total. The number of ether oxygens (including phenoxy) is 2. The summed E-state index contributed by atoms with van der Waals surface area (Å²) in [6, 6.07) is 1.78. The summed E-state index contributed by atoms with van der Waals surface area (Å²) in [5, 5.41) is 3.13. The molecule has 1 aromatic heterocycles. The summed E-state index contributed by atoms with van der Waals surface area (Å²) in [6.07, 6.45) is 2.54. The molecule has 0 bridgehead atoms. The van der Waals surface area contributed by atoms with Gasteiger partial charge in [0, 0.05) is 26.5 Å². The van der Waals surface area contributed by atoms with Gasteiger partial charge >= 0.3 is 0 Å². The zero-order chi connectivity index (χ0) is 11.6. The van der Waals surface area contributed by atoms with Crippen LogP contribution in [0.4, 0.5) is 11.8 Å². The first kappa shape index (κ1) is 12.7. The van der Waals surface area contributed by atoms with Gasteiger partial charge in [-0.3, -0.25) is 0 Å². The van der Waals surface area contributed by atoms with E-state index in [1.165, 1.54) is 0 Å². The van der Waals surface area contributed by atoms with Crippen molar-refractivity contribution in [3.63, 3.8) is 0 Å². The van der Waals surface area contributed by atoms with Crippen LogP contribution in [0, 0.1) is 0 Å². The van der Waals surface area contributed by atoms with Crippen molar-refractivity contribution in [1.82, 2.24) is 9.97 Å². The maximum Gasteiger partial charge on any atom is 0.221 e. The van der Waals surface area contributed by atoms with Crippen LogP contribution in [0.3, 0.4) is 0 Å². The largest absolute Gasteiger partial charge is 0.382 e. The molecule has 0 aromatic carbocycles. The van der Waals surface area contributed by atoms with Crippen LogP contribution in [0.25, 0.3) is 0 Å². The molecule has 0 fully saturated rings. The van der Waals surface area contributed by atoms with Crippen molar-refractivity contribution in [2.75, 3.05) is 44.5 Å². The molecule has 0 aliphatic heterocycles. The molecule has 0 spiro atoms. The van der Waals surface area contributed by atoms with E-state index >= 15 is 0 Å². The number of aromatic nitrogens is 2. The molecule has 0 saturated carbocycles. The van der Waals surface area contributed by atoms with E-state index in [0.717, 1.165) is 18.8 Å². The van der Waals surface area contributed by atoms with Crippen molar-refractivity contribution in [3.05, 3.63) is 12.3 Å². The van der Waals surface area contributed by atoms with Gasteiger partial charge < -0.3 is 20.5 Å². The SMILES string of the molecule is COCCOCCCNc1ccnc(N)n1. The van der Waals surface area contributed by atoms with Gasteiger partial charge in [-0.05, 0) is 12.5 Å². The van der Waals surface area contributed by atoms with Crippen molar-refractivity contribution < 1.29 is 9.47 Å². The van der Waals surface area contributed by atoms with Crippen LogP contribution < -0.4 is 11.1 Å². The normalized spacial score (nSPS) is 10.3. The molecule has 0 aliphatic rings. The van der Waals surface area contributed by atoms with Crippen LogP contribution in [-0.2, 0) is 9.47 Å². The third-order valence-corrected chi connectivity index (χ3v) is 1.88. The maximum absolute atomic E-state index is 5.44. The third-order valence-electron chi connectivity index (χ3n) is 1.88. The highest BCUT2D eigenvalue weighted by atomic mass is 16.5. The smallest absolute Gasteiger partial charge is 0.221 e. The Bertz CT molecular complexity index is 296. The van der Waals surface area contributed by atoms with E-state index < -0.39 is 0 Å². The Balaban J connectivity index is 2.03. The van der Waals surface area contributed by atoms with E-state index in [9.17, 15) is 0 Å². The summed E-state index contributed by atoms with van der Waals surface area (Å²) >= 11 is 0. The number of nitrogen functional groups attached to an aromatic ring is 1. The average Bonchev–Trinajstić information content (AvgIpc) is 2.28. The Hall–Kier alpha value is -1.40. The number of nitrogens with zero attached hydrogens (tertiary/aromatic N) is 2. The van der Waals surface area contributed by atoms with Crippen molar-refractivity contribution in [2.24, 2.45) is 0 Å². The molecule has 1 heterocycles. The molecule has 0 saturated heterocycles. The fourth-order valence-electron chi connectivity index (χ4n) is 1.11. The Morgan fingerprint density at radius 2 is 2.25 bits per heavy atom. The van der Waals surface area contributed by atoms with Crippen LogP contribution in [0.2, 0.25) is 0 Å². The molecule has 0 unspecified atom stereocenters. The number of anilines is 2. The number of hydrogen-bond donors (Lipinski definition) is 2. The summed E-state index contributed by atoms with van der Waals surface area (Å²) in [5.41, 5.74) is 5.44. The van der Waals surface area contributed by atoms with Crippen molar-refractivity contribution in [3.8, 4) is 0 Å². The van der Waals surface area contributed by atoms with E-state index in [2.05, 4.69) is 15.3 Å². The van der Waals surface area contributed by atoms with Crippen molar-refractivity contribution >= 4 is 11.8 Å².